The summed E-state index contributed by atoms with van der Waals surface area (Å²) in [4.78, 5) is 12.8. The molecule has 1 atom stereocenters. The number of nitrogens with zero attached hydrogens (tertiary/aromatic N) is 1. The third kappa shape index (κ3) is 2.42. The van der Waals surface area contributed by atoms with Crippen LogP contribution >= 0.6 is 0 Å². The van der Waals surface area contributed by atoms with Crippen LogP contribution < -0.4 is 10.6 Å². The predicted octanol–water partition coefficient (Wildman–Crippen LogP) is 0.655. The van der Waals surface area contributed by atoms with Crippen LogP contribution in [0.4, 0.5) is 14.5 Å². The fraction of sp³-hybridized carbons (Fsp3) is 0.364. The largest absolute Gasteiger partial charge is 0.365 e. The van der Waals surface area contributed by atoms with Crippen molar-refractivity contribution in [1.29, 1.82) is 0 Å². The van der Waals surface area contributed by atoms with Gasteiger partial charge in [-0.2, -0.15) is 0 Å². The molecule has 0 aromatic heterocycles. The molecule has 1 aromatic carbocycles. The van der Waals surface area contributed by atoms with E-state index in [-0.39, 0.29) is 37.4 Å². The van der Waals surface area contributed by atoms with Gasteiger partial charge >= 0.3 is 0 Å². The van der Waals surface area contributed by atoms with Gasteiger partial charge in [-0.25, -0.2) is 8.78 Å². The Labute approximate surface area is 97.0 Å². The van der Waals surface area contributed by atoms with E-state index in [1.165, 1.54) is 11.0 Å². The second-order valence-electron chi connectivity index (χ2n) is 3.77. The minimum Gasteiger partial charge on any atom is -0.365 e. The zero-order chi connectivity index (χ0) is 12.4. The lowest BCUT2D eigenvalue weighted by Crippen LogP contribution is -2.49. The summed E-state index contributed by atoms with van der Waals surface area (Å²) in [6, 6.07) is 3.09. The molecule has 0 radical (unpaired) electrons. The normalized spacial score (nSPS) is 20.8. The summed E-state index contributed by atoms with van der Waals surface area (Å²) >= 11 is 0. The molecule has 1 amide bonds. The van der Waals surface area contributed by atoms with Crippen LogP contribution in [0.25, 0.3) is 0 Å². The smallest absolute Gasteiger partial charge is 0.253 e. The van der Waals surface area contributed by atoms with Gasteiger partial charge in [-0.1, -0.05) is 0 Å². The maximum Gasteiger partial charge on any atom is 0.253 e. The lowest BCUT2D eigenvalue weighted by Gasteiger charge is -2.32. The van der Waals surface area contributed by atoms with E-state index >= 15 is 0 Å². The number of ether oxygens (including phenoxy) is 1. The second-order valence-corrected chi connectivity index (χ2v) is 3.77. The number of hydrogen-bond donors (Lipinski definition) is 1. The summed E-state index contributed by atoms with van der Waals surface area (Å²) in [5.74, 6) is -1.81. The monoisotopic (exact) mass is 242 g/mol. The Morgan fingerprint density at radius 3 is 2.88 bits per heavy atom. The molecule has 1 heterocycles. The predicted molar refractivity (Wildman–Crippen MR) is 57.5 cm³/mol. The van der Waals surface area contributed by atoms with Gasteiger partial charge in [0.25, 0.3) is 5.91 Å². The van der Waals surface area contributed by atoms with Crippen molar-refractivity contribution in [2.75, 3.05) is 24.6 Å². The Morgan fingerprint density at radius 1 is 1.47 bits per heavy atom. The molecule has 92 valence electrons. The van der Waals surface area contributed by atoms with E-state index in [2.05, 4.69) is 0 Å². The van der Waals surface area contributed by atoms with Crippen molar-refractivity contribution in [3.05, 3.63) is 29.8 Å². The maximum absolute atomic E-state index is 13.5. The summed E-state index contributed by atoms with van der Waals surface area (Å²) in [7, 11) is 0. The molecule has 1 aromatic rings. The zero-order valence-electron chi connectivity index (χ0n) is 9.03. The van der Waals surface area contributed by atoms with Crippen LogP contribution in [0.5, 0.6) is 0 Å². The van der Waals surface area contributed by atoms with Gasteiger partial charge in [0.1, 0.15) is 18.2 Å². The maximum atomic E-state index is 13.5. The Kier molecular flexibility index (Phi) is 3.35. The molecule has 0 spiro atoms. The summed E-state index contributed by atoms with van der Waals surface area (Å²) in [5.41, 5.74) is 5.49. The second kappa shape index (κ2) is 4.77. The molecular formula is C11H12F2N2O2. The fourth-order valence-corrected chi connectivity index (χ4v) is 1.70. The van der Waals surface area contributed by atoms with Gasteiger partial charge in [0.2, 0.25) is 0 Å². The van der Waals surface area contributed by atoms with Crippen LogP contribution in [0, 0.1) is 11.6 Å². The standard InChI is InChI=1S/C11H12F2N2O2/c12-7-1-2-10(9(13)3-7)15-5-8(4-14)17-6-11(15)16/h1-3,8H,4-6,14H2. The van der Waals surface area contributed by atoms with E-state index in [4.69, 9.17) is 10.5 Å². The van der Waals surface area contributed by atoms with Gasteiger partial charge in [-0.15, -0.1) is 0 Å². The molecule has 1 fully saturated rings. The van der Waals surface area contributed by atoms with Crippen LogP contribution in [-0.2, 0) is 9.53 Å². The number of benzene rings is 1. The van der Waals surface area contributed by atoms with Crippen molar-refractivity contribution in [3.8, 4) is 0 Å². The van der Waals surface area contributed by atoms with E-state index in [0.717, 1.165) is 12.1 Å². The number of nitrogens with two attached hydrogens (primary N) is 1. The molecule has 2 N–H and O–H groups in total. The molecule has 1 aliphatic rings. The highest BCUT2D eigenvalue weighted by Crippen LogP contribution is 2.22. The number of carbonyl (C=O) groups excluding carboxylic acids is 1. The first-order valence-electron chi connectivity index (χ1n) is 5.19. The van der Waals surface area contributed by atoms with Crippen LogP contribution in [0.2, 0.25) is 0 Å². The highest BCUT2D eigenvalue weighted by Gasteiger charge is 2.28. The Hall–Kier alpha value is -1.53. The minimum absolute atomic E-state index is 0.0538. The fourth-order valence-electron chi connectivity index (χ4n) is 1.70. The quantitative estimate of drug-likeness (QED) is 0.828. The van der Waals surface area contributed by atoms with E-state index in [1.54, 1.807) is 0 Å². The van der Waals surface area contributed by atoms with Crippen LogP contribution in [0.1, 0.15) is 0 Å². The molecule has 0 saturated carbocycles. The SMILES string of the molecule is NCC1CN(c2ccc(F)cc2F)C(=O)CO1. The molecule has 6 heteroatoms. The summed E-state index contributed by atoms with van der Waals surface area (Å²) in [6.45, 7) is 0.281. The number of halogens is 2. The van der Waals surface area contributed by atoms with Crippen molar-refractivity contribution >= 4 is 11.6 Å². The van der Waals surface area contributed by atoms with Gasteiger partial charge in [-0.05, 0) is 12.1 Å². The van der Waals surface area contributed by atoms with E-state index in [1.807, 2.05) is 0 Å². The first kappa shape index (κ1) is 11.9. The van der Waals surface area contributed by atoms with Crippen LogP contribution in [0.3, 0.4) is 0 Å². The van der Waals surface area contributed by atoms with Crippen molar-refractivity contribution in [1.82, 2.24) is 0 Å². The summed E-state index contributed by atoms with van der Waals surface area (Å²) in [5, 5.41) is 0. The average Bonchev–Trinajstić information content (AvgIpc) is 2.30. The van der Waals surface area contributed by atoms with E-state index < -0.39 is 11.6 Å². The number of amides is 1. The lowest BCUT2D eigenvalue weighted by molar-refractivity contribution is -0.129. The van der Waals surface area contributed by atoms with E-state index in [0.29, 0.717) is 0 Å². The number of rotatable bonds is 2. The first-order chi connectivity index (χ1) is 8.11. The molecular weight excluding hydrogens is 230 g/mol. The summed E-state index contributed by atoms with van der Waals surface area (Å²) < 4.78 is 31.4. The third-order valence-corrected chi connectivity index (χ3v) is 2.59. The highest BCUT2D eigenvalue weighted by molar-refractivity contribution is 5.95. The zero-order valence-corrected chi connectivity index (χ0v) is 9.03. The number of anilines is 1. The number of hydrogen-bond acceptors (Lipinski definition) is 3. The highest BCUT2D eigenvalue weighted by atomic mass is 19.1. The molecule has 1 saturated heterocycles. The van der Waals surface area contributed by atoms with E-state index in [9.17, 15) is 13.6 Å². The minimum atomic E-state index is -0.768. The van der Waals surface area contributed by atoms with Crippen LogP contribution in [0.15, 0.2) is 18.2 Å². The summed E-state index contributed by atoms with van der Waals surface area (Å²) in [6.07, 6.45) is -0.322. The van der Waals surface area contributed by atoms with Crippen molar-refractivity contribution < 1.29 is 18.3 Å². The topological polar surface area (TPSA) is 55.6 Å². The Morgan fingerprint density at radius 2 is 2.24 bits per heavy atom. The first-order valence-corrected chi connectivity index (χ1v) is 5.19. The van der Waals surface area contributed by atoms with Gasteiger partial charge < -0.3 is 15.4 Å². The average molecular weight is 242 g/mol. The Balaban J connectivity index is 2.27. The van der Waals surface area contributed by atoms with Gasteiger partial charge in [0.05, 0.1) is 18.3 Å². The third-order valence-electron chi connectivity index (χ3n) is 2.59. The van der Waals surface area contributed by atoms with Gasteiger partial charge in [0.15, 0.2) is 0 Å². The molecule has 17 heavy (non-hydrogen) atoms. The lowest BCUT2D eigenvalue weighted by atomic mass is 10.2. The van der Waals surface area contributed by atoms with Gasteiger partial charge in [-0.3, -0.25) is 4.79 Å². The molecule has 0 aliphatic carbocycles. The number of carbonyl (C=O) groups is 1. The molecule has 1 unspecified atom stereocenters. The van der Waals surface area contributed by atoms with Crippen LogP contribution in [-0.4, -0.2) is 31.7 Å². The molecule has 0 bridgehead atoms. The molecule has 4 nitrogen and oxygen atoms in total. The van der Waals surface area contributed by atoms with Crippen molar-refractivity contribution in [2.45, 2.75) is 6.10 Å². The Bertz CT molecular complexity index is 439. The number of morpholine rings is 1. The molecule has 1 aliphatic heterocycles. The van der Waals surface area contributed by atoms with Gasteiger partial charge in [0, 0.05) is 12.6 Å². The molecule has 2 rings (SSSR count). The van der Waals surface area contributed by atoms with Crippen molar-refractivity contribution in [3.63, 3.8) is 0 Å². The van der Waals surface area contributed by atoms with Crippen molar-refractivity contribution in [2.24, 2.45) is 5.73 Å².